The van der Waals surface area contributed by atoms with Gasteiger partial charge in [-0.05, 0) is 54.0 Å². The normalized spacial score (nSPS) is 24.7. The summed E-state index contributed by atoms with van der Waals surface area (Å²) in [6, 6.07) is 2.21. The van der Waals surface area contributed by atoms with E-state index in [-0.39, 0.29) is 18.2 Å². The first-order valence-electron chi connectivity index (χ1n) is 6.89. The number of hydrogen-bond acceptors (Lipinski definition) is 3. The highest BCUT2D eigenvalue weighted by atomic mass is 32.1. The Morgan fingerprint density at radius 1 is 1.47 bits per heavy atom. The molecule has 106 valence electrons. The van der Waals surface area contributed by atoms with E-state index in [4.69, 9.17) is 0 Å². The van der Waals surface area contributed by atoms with Crippen molar-refractivity contribution >= 4 is 17.4 Å². The number of rotatable bonds is 4. The number of urea groups is 1. The van der Waals surface area contributed by atoms with Gasteiger partial charge in [0, 0.05) is 12.6 Å². The van der Waals surface area contributed by atoms with Crippen LogP contribution in [0.2, 0.25) is 0 Å². The highest BCUT2D eigenvalue weighted by Gasteiger charge is 2.20. The standard InChI is InChI=1S/C14H22N2O2S/c1-10(11-6-7-19-9-11)8-15-14(18)16-12-2-4-13(17)5-3-12/h6-7,9-10,12-13,17H,2-5,8H2,1H3,(H2,15,16,18). The molecule has 5 heteroatoms. The van der Waals surface area contributed by atoms with E-state index in [9.17, 15) is 9.90 Å². The molecule has 0 radical (unpaired) electrons. The van der Waals surface area contributed by atoms with Gasteiger partial charge >= 0.3 is 6.03 Å². The molecule has 1 fully saturated rings. The molecule has 1 aromatic heterocycles. The Morgan fingerprint density at radius 2 is 2.21 bits per heavy atom. The molecule has 1 aromatic rings. The molecule has 1 aliphatic carbocycles. The molecule has 1 heterocycles. The van der Waals surface area contributed by atoms with Crippen LogP contribution in [0.4, 0.5) is 4.79 Å². The van der Waals surface area contributed by atoms with Crippen molar-refractivity contribution < 1.29 is 9.90 Å². The van der Waals surface area contributed by atoms with E-state index in [0.717, 1.165) is 25.7 Å². The quantitative estimate of drug-likeness (QED) is 0.794. The molecule has 1 unspecified atom stereocenters. The molecule has 0 saturated heterocycles. The number of carbonyl (C=O) groups excluding carboxylic acids is 1. The van der Waals surface area contributed by atoms with Gasteiger partial charge in [-0.1, -0.05) is 6.92 Å². The van der Waals surface area contributed by atoms with Gasteiger partial charge in [0.25, 0.3) is 0 Å². The fourth-order valence-corrected chi connectivity index (χ4v) is 3.16. The SMILES string of the molecule is CC(CNC(=O)NC1CCC(O)CC1)c1ccsc1. The van der Waals surface area contributed by atoms with Crippen molar-refractivity contribution in [3.63, 3.8) is 0 Å². The molecule has 0 aromatic carbocycles. The Kier molecular flexibility index (Phi) is 5.22. The van der Waals surface area contributed by atoms with Crippen LogP contribution in [-0.2, 0) is 0 Å². The van der Waals surface area contributed by atoms with Crippen molar-refractivity contribution in [2.45, 2.75) is 50.7 Å². The van der Waals surface area contributed by atoms with Crippen molar-refractivity contribution in [2.75, 3.05) is 6.54 Å². The minimum atomic E-state index is -0.181. The fraction of sp³-hybridized carbons (Fsp3) is 0.643. The first kappa shape index (κ1) is 14.3. The number of aliphatic hydroxyl groups is 1. The van der Waals surface area contributed by atoms with Crippen LogP contribution in [0.3, 0.4) is 0 Å². The monoisotopic (exact) mass is 282 g/mol. The van der Waals surface area contributed by atoms with Crippen LogP contribution >= 0.6 is 11.3 Å². The van der Waals surface area contributed by atoms with Crippen LogP contribution in [0, 0.1) is 0 Å². The summed E-state index contributed by atoms with van der Waals surface area (Å²) in [5.74, 6) is 0.338. The maximum absolute atomic E-state index is 11.8. The van der Waals surface area contributed by atoms with Gasteiger partial charge < -0.3 is 15.7 Å². The van der Waals surface area contributed by atoms with E-state index in [2.05, 4.69) is 34.4 Å². The van der Waals surface area contributed by atoms with Crippen LogP contribution in [0.15, 0.2) is 16.8 Å². The predicted molar refractivity (Wildman–Crippen MR) is 77.5 cm³/mol. The zero-order chi connectivity index (χ0) is 13.7. The lowest BCUT2D eigenvalue weighted by Gasteiger charge is -2.26. The summed E-state index contributed by atoms with van der Waals surface area (Å²) in [6.45, 7) is 2.76. The third-order valence-corrected chi connectivity index (χ3v) is 4.41. The highest BCUT2D eigenvalue weighted by Crippen LogP contribution is 2.19. The third kappa shape index (κ3) is 4.51. The fourth-order valence-electron chi connectivity index (χ4n) is 2.38. The van der Waals surface area contributed by atoms with Gasteiger partial charge in [0.1, 0.15) is 0 Å². The molecule has 1 saturated carbocycles. The molecule has 4 nitrogen and oxygen atoms in total. The summed E-state index contributed by atoms with van der Waals surface area (Å²) in [5, 5.41) is 19.5. The third-order valence-electron chi connectivity index (χ3n) is 3.71. The lowest BCUT2D eigenvalue weighted by Crippen LogP contribution is -2.45. The van der Waals surface area contributed by atoms with Crippen LogP contribution < -0.4 is 10.6 Å². The van der Waals surface area contributed by atoms with Gasteiger partial charge in [0.05, 0.1) is 6.10 Å². The second kappa shape index (κ2) is 6.91. The van der Waals surface area contributed by atoms with E-state index in [0.29, 0.717) is 12.5 Å². The topological polar surface area (TPSA) is 61.4 Å². The second-order valence-electron chi connectivity index (χ2n) is 5.32. The van der Waals surface area contributed by atoms with Crippen LogP contribution in [0.25, 0.3) is 0 Å². The zero-order valence-corrected chi connectivity index (χ0v) is 12.1. The van der Waals surface area contributed by atoms with Crippen molar-refractivity contribution in [3.8, 4) is 0 Å². The Bertz CT molecular complexity index is 386. The van der Waals surface area contributed by atoms with Crippen molar-refractivity contribution in [3.05, 3.63) is 22.4 Å². The van der Waals surface area contributed by atoms with E-state index in [1.807, 2.05) is 0 Å². The number of hydrogen-bond donors (Lipinski definition) is 3. The summed E-state index contributed by atoms with van der Waals surface area (Å²) in [4.78, 5) is 11.8. The minimum absolute atomic E-state index is 0.0940. The molecule has 1 atom stereocenters. The first-order chi connectivity index (χ1) is 9.15. The molecule has 0 spiro atoms. The predicted octanol–water partition coefficient (Wildman–Crippen LogP) is 2.45. The smallest absolute Gasteiger partial charge is 0.315 e. The van der Waals surface area contributed by atoms with Crippen LogP contribution in [0.5, 0.6) is 0 Å². The lowest BCUT2D eigenvalue weighted by atomic mass is 9.93. The van der Waals surface area contributed by atoms with Gasteiger partial charge in [-0.3, -0.25) is 0 Å². The summed E-state index contributed by atoms with van der Waals surface area (Å²) in [5.41, 5.74) is 1.27. The van der Waals surface area contributed by atoms with Crippen molar-refractivity contribution in [2.24, 2.45) is 0 Å². The lowest BCUT2D eigenvalue weighted by molar-refractivity contribution is 0.117. The molecule has 0 bridgehead atoms. The zero-order valence-electron chi connectivity index (χ0n) is 11.3. The average Bonchev–Trinajstić information content (AvgIpc) is 2.93. The maximum atomic E-state index is 11.8. The van der Waals surface area contributed by atoms with E-state index in [1.165, 1.54) is 5.56 Å². The van der Waals surface area contributed by atoms with Crippen LogP contribution in [0.1, 0.15) is 44.1 Å². The van der Waals surface area contributed by atoms with Gasteiger partial charge in [-0.15, -0.1) is 0 Å². The first-order valence-corrected chi connectivity index (χ1v) is 7.84. The summed E-state index contributed by atoms with van der Waals surface area (Å²) < 4.78 is 0. The number of thiophene rings is 1. The van der Waals surface area contributed by atoms with E-state index in [1.54, 1.807) is 11.3 Å². The maximum Gasteiger partial charge on any atom is 0.315 e. The number of amides is 2. The molecule has 19 heavy (non-hydrogen) atoms. The number of carbonyl (C=O) groups is 1. The van der Waals surface area contributed by atoms with Crippen molar-refractivity contribution in [1.82, 2.24) is 10.6 Å². The van der Waals surface area contributed by atoms with Crippen LogP contribution in [-0.4, -0.2) is 29.8 Å². The number of nitrogens with one attached hydrogen (secondary N) is 2. The Morgan fingerprint density at radius 3 is 2.84 bits per heavy atom. The number of aliphatic hydroxyl groups excluding tert-OH is 1. The molecular weight excluding hydrogens is 260 g/mol. The second-order valence-corrected chi connectivity index (χ2v) is 6.10. The molecular formula is C14H22N2O2S. The Balaban J connectivity index is 1.67. The summed E-state index contributed by atoms with van der Waals surface area (Å²) in [7, 11) is 0. The van der Waals surface area contributed by atoms with E-state index < -0.39 is 0 Å². The molecule has 0 aliphatic heterocycles. The Hall–Kier alpha value is -1.07. The summed E-state index contributed by atoms with van der Waals surface area (Å²) in [6.07, 6.45) is 3.13. The van der Waals surface area contributed by atoms with Gasteiger partial charge in [0.2, 0.25) is 0 Å². The molecule has 3 N–H and O–H groups in total. The largest absolute Gasteiger partial charge is 0.393 e. The average molecular weight is 282 g/mol. The van der Waals surface area contributed by atoms with Gasteiger partial charge in [-0.2, -0.15) is 11.3 Å². The van der Waals surface area contributed by atoms with E-state index >= 15 is 0 Å². The summed E-state index contributed by atoms with van der Waals surface area (Å²) >= 11 is 1.68. The molecule has 2 amide bonds. The highest BCUT2D eigenvalue weighted by molar-refractivity contribution is 7.07. The van der Waals surface area contributed by atoms with Gasteiger partial charge in [0.15, 0.2) is 0 Å². The molecule has 1 aliphatic rings. The van der Waals surface area contributed by atoms with Gasteiger partial charge in [-0.25, -0.2) is 4.79 Å². The molecule has 2 rings (SSSR count). The Labute approximate surface area is 118 Å². The minimum Gasteiger partial charge on any atom is -0.393 e. The van der Waals surface area contributed by atoms with Crippen molar-refractivity contribution in [1.29, 1.82) is 0 Å².